The molecule has 0 amide bonds. The zero-order chi connectivity index (χ0) is 21.4. The molecular weight excluding hydrogens is 413 g/mol. The normalized spacial score (nSPS) is 16.9. The Kier molecular flexibility index (Phi) is 4.72. The van der Waals surface area contributed by atoms with Crippen LogP contribution >= 0.6 is 0 Å². The van der Waals surface area contributed by atoms with Crippen LogP contribution in [0.5, 0.6) is 11.5 Å². The third kappa shape index (κ3) is 3.78. The molecule has 1 atom stereocenters. The monoisotopic (exact) mass is 430 g/mol. The highest BCUT2D eigenvalue weighted by molar-refractivity contribution is 5.89. The molecule has 160 valence electrons. The molecule has 0 N–H and O–H groups in total. The van der Waals surface area contributed by atoms with Gasteiger partial charge in [0.15, 0.2) is 5.75 Å². The van der Waals surface area contributed by atoms with E-state index in [2.05, 4.69) is 29.7 Å². The number of ether oxygens (including phenoxy) is 2. The van der Waals surface area contributed by atoms with E-state index in [-0.39, 0.29) is 17.3 Å². The lowest BCUT2D eigenvalue weighted by Gasteiger charge is -2.26. The summed E-state index contributed by atoms with van der Waals surface area (Å²) in [7, 11) is 0. The van der Waals surface area contributed by atoms with Gasteiger partial charge in [0.25, 0.3) is 5.78 Å². The van der Waals surface area contributed by atoms with E-state index in [1.165, 1.54) is 24.7 Å². The first-order valence-electron chi connectivity index (χ1n) is 9.67. The summed E-state index contributed by atoms with van der Waals surface area (Å²) in [5.41, 5.74) is 0.0964. The first kappa shape index (κ1) is 19.3. The highest BCUT2D eigenvalue weighted by atomic mass is 19.4. The number of rotatable bonds is 5. The molecular formula is C20H17F3N6O2. The van der Waals surface area contributed by atoms with Crippen molar-refractivity contribution in [2.24, 2.45) is 0 Å². The SMILES string of the molecule is FC(F)(F)Oc1cccc2c(OC[C@H]3CCCN3c3ccnc4ncnn34)ccnc12. The van der Waals surface area contributed by atoms with Crippen LogP contribution in [0.15, 0.2) is 49.1 Å². The molecule has 0 radical (unpaired) electrons. The summed E-state index contributed by atoms with van der Waals surface area (Å²) < 4.78 is 50.0. The number of para-hydroxylation sites is 1. The van der Waals surface area contributed by atoms with Gasteiger partial charge in [0, 0.05) is 24.3 Å². The van der Waals surface area contributed by atoms with E-state index < -0.39 is 6.36 Å². The molecule has 11 heteroatoms. The molecule has 8 nitrogen and oxygen atoms in total. The van der Waals surface area contributed by atoms with Gasteiger partial charge in [0.1, 0.15) is 30.0 Å². The highest BCUT2D eigenvalue weighted by Crippen LogP contribution is 2.34. The smallest absolute Gasteiger partial charge is 0.491 e. The zero-order valence-corrected chi connectivity index (χ0v) is 16.2. The Morgan fingerprint density at radius 1 is 1.03 bits per heavy atom. The van der Waals surface area contributed by atoms with Gasteiger partial charge in [-0.25, -0.2) is 4.98 Å². The molecule has 0 aliphatic carbocycles. The summed E-state index contributed by atoms with van der Waals surface area (Å²) in [6, 6.07) is 7.96. The van der Waals surface area contributed by atoms with Crippen LogP contribution in [0.3, 0.4) is 0 Å². The molecule has 31 heavy (non-hydrogen) atoms. The van der Waals surface area contributed by atoms with E-state index in [0.29, 0.717) is 23.5 Å². The molecule has 4 aromatic rings. The van der Waals surface area contributed by atoms with E-state index >= 15 is 0 Å². The van der Waals surface area contributed by atoms with Gasteiger partial charge < -0.3 is 14.4 Å². The number of pyridine rings is 1. The van der Waals surface area contributed by atoms with Gasteiger partial charge in [0.05, 0.1) is 6.04 Å². The summed E-state index contributed by atoms with van der Waals surface area (Å²) >= 11 is 0. The van der Waals surface area contributed by atoms with Crippen molar-refractivity contribution < 1.29 is 22.6 Å². The van der Waals surface area contributed by atoms with E-state index in [9.17, 15) is 13.2 Å². The minimum atomic E-state index is -4.80. The molecule has 0 unspecified atom stereocenters. The number of benzene rings is 1. The molecule has 0 spiro atoms. The third-order valence-electron chi connectivity index (χ3n) is 5.18. The Morgan fingerprint density at radius 2 is 1.90 bits per heavy atom. The summed E-state index contributed by atoms with van der Waals surface area (Å²) in [5, 5.41) is 4.70. The largest absolute Gasteiger partial charge is 0.573 e. The molecule has 5 rings (SSSR count). The zero-order valence-electron chi connectivity index (χ0n) is 16.2. The molecule has 1 fully saturated rings. The number of hydrogen-bond donors (Lipinski definition) is 0. The molecule has 1 aliphatic rings. The molecule has 1 saturated heterocycles. The molecule has 0 saturated carbocycles. The predicted molar refractivity (Wildman–Crippen MR) is 105 cm³/mol. The fourth-order valence-electron chi connectivity index (χ4n) is 3.90. The Labute approximate surface area is 174 Å². The minimum Gasteiger partial charge on any atom is -0.491 e. The Hall–Kier alpha value is -3.63. The number of aromatic nitrogens is 5. The number of nitrogens with zero attached hydrogens (tertiary/aromatic N) is 6. The van der Waals surface area contributed by atoms with Crippen LogP contribution in [0.2, 0.25) is 0 Å². The van der Waals surface area contributed by atoms with Gasteiger partial charge >= 0.3 is 6.36 Å². The van der Waals surface area contributed by atoms with E-state index in [1.54, 1.807) is 22.8 Å². The van der Waals surface area contributed by atoms with Gasteiger partial charge in [-0.15, -0.1) is 13.2 Å². The second kappa shape index (κ2) is 7.56. The average molecular weight is 430 g/mol. The van der Waals surface area contributed by atoms with Gasteiger partial charge in [-0.1, -0.05) is 6.07 Å². The van der Waals surface area contributed by atoms with Crippen LogP contribution in [-0.2, 0) is 0 Å². The first-order valence-corrected chi connectivity index (χ1v) is 9.67. The number of anilines is 1. The first-order chi connectivity index (χ1) is 15.0. The third-order valence-corrected chi connectivity index (χ3v) is 5.18. The minimum absolute atomic E-state index is 0.0626. The lowest BCUT2D eigenvalue weighted by Crippen LogP contribution is -2.35. The summed E-state index contributed by atoms with van der Waals surface area (Å²) in [6.07, 6.45) is 1.64. The van der Waals surface area contributed by atoms with Gasteiger partial charge in [0.2, 0.25) is 0 Å². The lowest BCUT2D eigenvalue weighted by atomic mass is 10.2. The summed E-state index contributed by atoms with van der Waals surface area (Å²) in [6.45, 7) is 1.18. The Balaban J connectivity index is 1.39. The second-order valence-electron chi connectivity index (χ2n) is 7.08. The van der Waals surface area contributed by atoms with Crippen LogP contribution < -0.4 is 14.4 Å². The van der Waals surface area contributed by atoms with Crippen LogP contribution in [-0.4, -0.2) is 50.1 Å². The maximum absolute atomic E-state index is 12.7. The van der Waals surface area contributed by atoms with E-state index in [0.717, 1.165) is 25.2 Å². The summed E-state index contributed by atoms with van der Waals surface area (Å²) in [5.74, 6) is 1.48. The topological polar surface area (TPSA) is 77.7 Å². The predicted octanol–water partition coefficient (Wildman–Crippen LogP) is 3.62. The number of hydrogen-bond acceptors (Lipinski definition) is 7. The van der Waals surface area contributed by atoms with Crippen molar-refractivity contribution in [2.75, 3.05) is 18.1 Å². The molecule has 0 bridgehead atoms. The van der Waals surface area contributed by atoms with Crippen molar-refractivity contribution in [1.29, 1.82) is 0 Å². The maximum atomic E-state index is 12.7. The van der Waals surface area contributed by atoms with Crippen molar-refractivity contribution in [3.63, 3.8) is 0 Å². The van der Waals surface area contributed by atoms with Gasteiger partial charge in [-0.05, 0) is 37.1 Å². The van der Waals surface area contributed by atoms with Crippen LogP contribution in [0, 0.1) is 0 Å². The standard InChI is InChI=1S/C20H17F3N6O2/c21-20(22,23)31-16-5-1-4-14-15(6-8-24-18(14)16)30-11-13-3-2-10-28(13)17-7-9-25-19-26-12-27-29(17)19/h1,4-9,12-13H,2-3,10-11H2/t13-/m1/s1. The van der Waals surface area contributed by atoms with Crippen LogP contribution in [0.25, 0.3) is 16.7 Å². The maximum Gasteiger partial charge on any atom is 0.573 e. The van der Waals surface area contributed by atoms with Crippen molar-refractivity contribution in [2.45, 2.75) is 25.2 Å². The van der Waals surface area contributed by atoms with Crippen molar-refractivity contribution in [1.82, 2.24) is 24.6 Å². The van der Waals surface area contributed by atoms with Crippen molar-refractivity contribution >= 4 is 22.5 Å². The quantitative estimate of drug-likeness (QED) is 0.479. The van der Waals surface area contributed by atoms with Crippen molar-refractivity contribution in [3.05, 3.63) is 49.1 Å². The van der Waals surface area contributed by atoms with E-state index in [1.807, 2.05) is 6.07 Å². The molecule has 3 aromatic heterocycles. The van der Waals surface area contributed by atoms with Gasteiger partial charge in [-0.2, -0.15) is 14.6 Å². The van der Waals surface area contributed by atoms with Crippen molar-refractivity contribution in [3.8, 4) is 11.5 Å². The number of halogens is 3. The highest BCUT2D eigenvalue weighted by Gasteiger charge is 2.32. The fraction of sp³-hybridized carbons (Fsp3) is 0.300. The second-order valence-corrected chi connectivity index (χ2v) is 7.08. The molecule has 4 heterocycles. The Morgan fingerprint density at radius 3 is 2.77 bits per heavy atom. The Bertz CT molecular complexity index is 1230. The van der Waals surface area contributed by atoms with Gasteiger partial charge in [-0.3, -0.25) is 4.98 Å². The van der Waals surface area contributed by atoms with Crippen LogP contribution in [0.1, 0.15) is 12.8 Å². The molecule has 1 aliphatic heterocycles. The van der Waals surface area contributed by atoms with Crippen LogP contribution in [0.4, 0.5) is 19.0 Å². The fourth-order valence-corrected chi connectivity index (χ4v) is 3.90. The molecule has 1 aromatic carbocycles. The number of alkyl halides is 3. The number of fused-ring (bicyclic) bond motifs is 2. The average Bonchev–Trinajstić information content (AvgIpc) is 3.40. The van der Waals surface area contributed by atoms with E-state index in [4.69, 9.17) is 4.74 Å². The summed E-state index contributed by atoms with van der Waals surface area (Å²) in [4.78, 5) is 14.6. The lowest BCUT2D eigenvalue weighted by molar-refractivity contribution is -0.274.